The van der Waals surface area contributed by atoms with Gasteiger partial charge in [-0.3, -0.25) is 0 Å². The van der Waals surface area contributed by atoms with Gasteiger partial charge in [0.2, 0.25) is 0 Å². The molecule has 14 heavy (non-hydrogen) atoms. The zero-order valence-electron chi connectivity index (χ0n) is 7.78. The molecule has 0 spiro atoms. The predicted octanol–water partition coefficient (Wildman–Crippen LogP) is 2.17. The molecule has 0 aromatic carbocycles. The van der Waals surface area contributed by atoms with E-state index < -0.39 is 0 Å². The number of rotatable bonds is 2. The summed E-state index contributed by atoms with van der Waals surface area (Å²) in [4.78, 5) is 4.19. The maximum absolute atomic E-state index is 9.62. The number of aliphatic hydroxyl groups is 1. The van der Waals surface area contributed by atoms with Gasteiger partial charge in [0, 0.05) is 10.7 Å². The Balaban J connectivity index is 2.03. The molecule has 0 saturated heterocycles. The first-order valence-corrected chi connectivity index (χ1v) is 5.61. The zero-order chi connectivity index (χ0) is 9.97. The zero-order valence-corrected chi connectivity index (χ0v) is 9.37. The number of aromatic nitrogens is 1. The van der Waals surface area contributed by atoms with Gasteiger partial charge in [0.05, 0.1) is 12.1 Å². The molecule has 4 heteroatoms. The molecule has 1 aromatic rings. The molecule has 2 atom stereocenters. The van der Waals surface area contributed by atoms with Crippen molar-refractivity contribution in [2.45, 2.75) is 31.4 Å². The first kappa shape index (κ1) is 9.93. The third-order valence-electron chi connectivity index (χ3n) is 2.53. The number of hydrogen-bond donors (Lipinski definition) is 2. The van der Waals surface area contributed by atoms with Gasteiger partial charge in [0.15, 0.2) is 0 Å². The number of nitrogens with zero attached hydrogens (tertiary/aromatic N) is 1. The van der Waals surface area contributed by atoms with Crippen LogP contribution in [0.3, 0.4) is 0 Å². The van der Waals surface area contributed by atoms with Crippen molar-refractivity contribution in [3.05, 3.63) is 22.8 Å². The van der Waals surface area contributed by atoms with Crippen LogP contribution >= 0.6 is 15.9 Å². The molecule has 3 nitrogen and oxygen atoms in total. The fraction of sp³-hybridized carbons (Fsp3) is 0.500. The molecule has 1 heterocycles. The van der Waals surface area contributed by atoms with Gasteiger partial charge < -0.3 is 10.4 Å². The minimum atomic E-state index is -0.226. The summed E-state index contributed by atoms with van der Waals surface area (Å²) in [7, 11) is 0. The molecule has 76 valence electrons. The topological polar surface area (TPSA) is 45.1 Å². The van der Waals surface area contributed by atoms with Crippen LogP contribution in [0.4, 0.5) is 5.82 Å². The average Bonchev–Trinajstić information content (AvgIpc) is 2.52. The van der Waals surface area contributed by atoms with E-state index in [2.05, 4.69) is 26.2 Å². The molecule has 0 aliphatic heterocycles. The normalized spacial score (nSPS) is 26.4. The number of aliphatic hydroxyl groups excluding tert-OH is 1. The highest BCUT2D eigenvalue weighted by atomic mass is 79.9. The van der Waals surface area contributed by atoms with Gasteiger partial charge in [0.1, 0.15) is 5.82 Å². The van der Waals surface area contributed by atoms with Gasteiger partial charge in [-0.05, 0) is 31.4 Å². The van der Waals surface area contributed by atoms with E-state index in [1.807, 2.05) is 12.1 Å². The Labute approximate surface area is 91.7 Å². The fourth-order valence-corrected chi connectivity index (χ4v) is 2.12. The lowest BCUT2D eigenvalue weighted by atomic mass is 10.2. The van der Waals surface area contributed by atoms with E-state index in [4.69, 9.17) is 0 Å². The van der Waals surface area contributed by atoms with Crippen molar-refractivity contribution in [3.8, 4) is 0 Å². The summed E-state index contributed by atoms with van der Waals surface area (Å²) in [5.74, 6) is 0.824. The van der Waals surface area contributed by atoms with Crippen LogP contribution in [0.5, 0.6) is 0 Å². The molecular weight excluding hydrogens is 244 g/mol. The maximum Gasteiger partial charge on any atom is 0.127 e. The molecular formula is C10H13BrN2O. The van der Waals surface area contributed by atoms with Crippen LogP contribution in [0.15, 0.2) is 22.8 Å². The number of hydrogen-bond acceptors (Lipinski definition) is 3. The van der Waals surface area contributed by atoms with Crippen LogP contribution in [0.25, 0.3) is 0 Å². The molecule has 2 N–H and O–H groups in total. The van der Waals surface area contributed by atoms with Crippen LogP contribution in [-0.2, 0) is 0 Å². The Bertz CT molecular complexity index is 319. The first-order chi connectivity index (χ1) is 6.75. The summed E-state index contributed by atoms with van der Waals surface area (Å²) in [6.45, 7) is 0. The van der Waals surface area contributed by atoms with Crippen molar-refractivity contribution in [3.63, 3.8) is 0 Å². The third-order valence-corrected chi connectivity index (χ3v) is 3.03. The number of anilines is 1. The molecule has 1 saturated carbocycles. The highest BCUT2D eigenvalue weighted by molar-refractivity contribution is 9.10. The molecule has 0 bridgehead atoms. The van der Waals surface area contributed by atoms with Crippen molar-refractivity contribution in [1.82, 2.24) is 4.98 Å². The van der Waals surface area contributed by atoms with E-state index in [1.54, 1.807) is 6.20 Å². The summed E-state index contributed by atoms with van der Waals surface area (Å²) in [6, 6.07) is 3.97. The van der Waals surface area contributed by atoms with E-state index in [0.29, 0.717) is 0 Å². The van der Waals surface area contributed by atoms with Gasteiger partial charge in [-0.1, -0.05) is 15.9 Å². The Morgan fingerprint density at radius 3 is 3.00 bits per heavy atom. The molecule has 2 unspecified atom stereocenters. The van der Waals surface area contributed by atoms with E-state index in [-0.39, 0.29) is 12.1 Å². The lowest BCUT2D eigenvalue weighted by Crippen LogP contribution is -2.28. The Morgan fingerprint density at radius 2 is 2.36 bits per heavy atom. The lowest BCUT2D eigenvalue weighted by Gasteiger charge is -2.16. The second kappa shape index (κ2) is 4.28. The summed E-state index contributed by atoms with van der Waals surface area (Å²) < 4.78 is 1.00. The standard InChI is InChI=1S/C10H13BrN2O/c11-7-4-5-12-10(6-7)13-8-2-1-3-9(8)14/h4-6,8-9,14H,1-3H2,(H,12,13). The van der Waals surface area contributed by atoms with Crippen molar-refractivity contribution in [1.29, 1.82) is 0 Å². The molecule has 1 fully saturated rings. The fourth-order valence-electron chi connectivity index (χ4n) is 1.78. The lowest BCUT2D eigenvalue weighted by molar-refractivity contribution is 0.171. The summed E-state index contributed by atoms with van der Waals surface area (Å²) in [6.07, 6.45) is 4.53. The Hall–Kier alpha value is -0.610. The van der Waals surface area contributed by atoms with Gasteiger partial charge in [-0.15, -0.1) is 0 Å². The number of halogens is 1. The Morgan fingerprint density at radius 1 is 1.50 bits per heavy atom. The number of pyridine rings is 1. The van der Waals surface area contributed by atoms with Gasteiger partial charge in [-0.2, -0.15) is 0 Å². The minimum absolute atomic E-state index is 0.164. The summed E-state index contributed by atoms with van der Waals surface area (Å²) in [5.41, 5.74) is 0. The van der Waals surface area contributed by atoms with Crippen molar-refractivity contribution in [2.75, 3.05) is 5.32 Å². The average molecular weight is 257 g/mol. The number of nitrogens with one attached hydrogen (secondary N) is 1. The smallest absolute Gasteiger partial charge is 0.127 e. The van der Waals surface area contributed by atoms with E-state index in [0.717, 1.165) is 29.6 Å². The van der Waals surface area contributed by atoms with E-state index in [1.165, 1.54) is 0 Å². The highest BCUT2D eigenvalue weighted by Gasteiger charge is 2.24. The molecule has 2 rings (SSSR count). The monoisotopic (exact) mass is 256 g/mol. The molecule has 0 amide bonds. The van der Waals surface area contributed by atoms with Gasteiger partial charge in [0.25, 0.3) is 0 Å². The summed E-state index contributed by atoms with van der Waals surface area (Å²) in [5, 5.41) is 12.9. The van der Waals surface area contributed by atoms with Crippen molar-refractivity contribution >= 4 is 21.7 Å². The van der Waals surface area contributed by atoms with Crippen LogP contribution in [0, 0.1) is 0 Å². The third kappa shape index (κ3) is 2.25. The van der Waals surface area contributed by atoms with E-state index in [9.17, 15) is 5.11 Å². The second-order valence-electron chi connectivity index (χ2n) is 3.61. The predicted molar refractivity (Wildman–Crippen MR) is 59.2 cm³/mol. The minimum Gasteiger partial charge on any atom is -0.391 e. The molecule has 1 aliphatic rings. The van der Waals surface area contributed by atoms with Crippen LogP contribution < -0.4 is 5.32 Å². The molecule has 1 aromatic heterocycles. The molecule has 1 aliphatic carbocycles. The van der Waals surface area contributed by atoms with E-state index >= 15 is 0 Å². The molecule has 0 radical (unpaired) electrons. The highest BCUT2D eigenvalue weighted by Crippen LogP contribution is 2.23. The van der Waals surface area contributed by atoms with Crippen LogP contribution in [0.2, 0.25) is 0 Å². The van der Waals surface area contributed by atoms with Crippen LogP contribution in [-0.4, -0.2) is 22.2 Å². The Kier molecular flexibility index (Phi) is 3.03. The first-order valence-electron chi connectivity index (χ1n) is 4.82. The summed E-state index contributed by atoms with van der Waals surface area (Å²) >= 11 is 3.38. The van der Waals surface area contributed by atoms with Gasteiger partial charge in [-0.25, -0.2) is 4.98 Å². The maximum atomic E-state index is 9.62. The van der Waals surface area contributed by atoms with Crippen molar-refractivity contribution in [2.24, 2.45) is 0 Å². The quantitative estimate of drug-likeness (QED) is 0.853. The SMILES string of the molecule is OC1CCCC1Nc1cc(Br)ccn1. The van der Waals surface area contributed by atoms with Gasteiger partial charge >= 0.3 is 0 Å². The second-order valence-corrected chi connectivity index (χ2v) is 4.52. The van der Waals surface area contributed by atoms with Crippen molar-refractivity contribution < 1.29 is 5.11 Å². The van der Waals surface area contributed by atoms with Crippen LogP contribution in [0.1, 0.15) is 19.3 Å². The largest absolute Gasteiger partial charge is 0.391 e.